The van der Waals surface area contributed by atoms with E-state index in [9.17, 15) is 0 Å². The average Bonchev–Trinajstić information content (AvgIpc) is 2.63. The van der Waals surface area contributed by atoms with Crippen LogP contribution in [0, 0.1) is 5.92 Å². The van der Waals surface area contributed by atoms with Gasteiger partial charge in [-0.1, -0.05) is 43.7 Å². The summed E-state index contributed by atoms with van der Waals surface area (Å²) in [6.07, 6.45) is 4.08. The van der Waals surface area contributed by atoms with Gasteiger partial charge in [-0.05, 0) is 31.4 Å². The molecule has 82 valence electrons. The Labute approximate surface area is 92.9 Å². The highest BCUT2D eigenvalue weighted by atomic mass is 14.8. The molecule has 0 spiro atoms. The number of hydrogen-bond donors (Lipinski definition) is 1. The first-order valence-electron chi connectivity index (χ1n) is 6.00. The van der Waals surface area contributed by atoms with Crippen molar-refractivity contribution in [1.29, 1.82) is 0 Å². The first-order chi connectivity index (χ1) is 7.29. The molecule has 2 atom stereocenters. The van der Waals surface area contributed by atoms with Crippen molar-refractivity contribution in [3.05, 3.63) is 35.9 Å². The van der Waals surface area contributed by atoms with Crippen molar-refractivity contribution >= 4 is 0 Å². The highest BCUT2D eigenvalue weighted by Gasteiger charge is 2.40. The predicted octanol–water partition coefficient (Wildman–Crippen LogP) is 2.96. The summed E-state index contributed by atoms with van der Waals surface area (Å²) in [6, 6.07) is 11.0. The maximum Gasteiger partial charge on any atom is 0.0103 e. The van der Waals surface area contributed by atoms with Crippen molar-refractivity contribution < 1.29 is 0 Å². The molecule has 1 aliphatic carbocycles. The molecule has 0 saturated heterocycles. The van der Waals surface area contributed by atoms with Gasteiger partial charge >= 0.3 is 0 Å². The predicted molar refractivity (Wildman–Crippen MR) is 65.1 cm³/mol. The molecule has 1 nitrogen and oxygen atoms in total. The molecule has 0 aromatic heterocycles. The van der Waals surface area contributed by atoms with Crippen molar-refractivity contribution in [2.45, 2.75) is 31.6 Å². The van der Waals surface area contributed by atoms with Crippen molar-refractivity contribution in [2.75, 3.05) is 13.6 Å². The van der Waals surface area contributed by atoms with Gasteiger partial charge < -0.3 is 5.32 Å². The highest BCUT2D eigenvalue weighted by Crippen LogP contribution is 2.44. The molecule has 0 heterocycles. The summed E-state index contributed by atoms with van der Waals surface area (Å²) in [4.78, 5) is 0. The van der Waals surface area contributed by atoms with Gasteiger partial charge in [-0.25, -0.2) is 0 Å². The first kappa shape index (κ1) is 10.7. The fourth-order valence-electron chi connectivity index (χ4n) is 3.13. The Morgan fingerprint density at radius 2 is 2.07 bits per heavy atom. The van der Waals surface area contributed by atoms with E-state index in [4.69, 9.17) is 0 Å². The molecule has 1 saturated carbocycles. The minimum Gasteiger partial charge on any atom is -0.319 e. The second-order valence-corrected chi connectivity index (χ2v) is 4.85. The van der Waals surface area contributed by atoms with Gasteiger partial charge in [0.15, 0.2) is 0 Å². The fourth-order valence-corrected chi connectivity index (χ4v) is 3.13. The van der Waals surface area contributed by atoms with Crippen LogP contribution in [0.25, 0.3) is 0 Å². The second kappa shape index (κ2) is 4.36. The van der Waals surface area contributed by atoms with Crippen molar-refractivity contribution in [3.63, 3.8) is 0 Å². The van der Waals surface area contributed by atoms with Crippen molar-refractivity contribution in [2.24, 2.45) is 5.92 Å². The number of benzene rings is 1. The zero-order chi connectivity index (χ0) is 10.7. The van der Waals surface area contributed by atoms with Crippen LogP contribution < -0.4 is 5.32 Å². The summed E-state index contributed by atoms with van der Waals surface area (Å²) in [5, 5.41) is 3.38. The maximum absolute atomic E-state index is 3.38. The van der Waals surface area contributed by atoms with Gasteiger partial charge in [-0.2, -0.15) is 0 Å². The minimum absolute atomic E-state index is 0.385. The molecule has 0 radical (unpaired) electrons. The van der Waals surface area contributed by atoms with Crippen LogP contribution in [-0.2, 0) is 5.41 Å². The lowest BCUT2D eigenvalue weighted by Crippen LogP contribution is -2.39. The van der Waals surface area contributed by atoms with E-state index in [2.05, 4.69) is 49.6 Å². The molecule has 2 unspecified atom stereocenters. The molecule has 1 aliphatic rings. The number of nitrogens with one attached hydrogen (secondary N) is 1. The van der Waals surface area contributed by atoms with Gasteiger partial charge in [0.2, 0.25) is 0 Å². The standard InChI is InChI=1S/C14H21N/c1-12-7-6-10-14(12,11-15-2)13-8-4-3-5-9-13/h3-5,8-9,12,15H,6-7,10-11H2,1-2H3. The van der Waals surface area contributed by atoms with Crippen molar-refractivity contribution in [1.82, 2.24) is 5.32 Å². The zero-order valence-corrected chi connectivity index (χ0v) is 9.79. The minimum atomic E-state index is 0.385. The van der Waals surface area contributed by atoms with Crippen LogP contribution in [0.5, 0.6) is 0 Å². The molecular formula is C14H21N. The van der Waals surface area contributed by atoms with E-state index in [-0.39, 0.29) is 0 Å². The van der Waals surface area contributed by atoms with E-state index in [0.29, 0.717) is 5.41 Å². The van der Waals surface area contributed by atoms with Crippen LogP contribution in [0.2, 0.25) is 0 Å². The quantitative estimate of drug-likeness (QED) is 0.796. The Balaban J connectivity index is 2.34. The zero-order valence-electron chi connectivity index (χ0n) is 9.79. The summed E-state index contributed by atoms with van der Waals surface area (Å²) in [5.74, 6) is 0.798. The van der Waals surface area contributed by atoms with Gasteiger partial charge in [0.25, 0.3) is 0 Å². The molecule has 0 aliphatic heterocycles. The molecular weight excluding hydrogens is 182 g/mol. The van der Waals surface area contributed by atoms with Crippen molar-refractivity contribution in [3.8, 4) is 0 Å². The third kappa shape index (κ3) is 1.81. The van der Waals surface area contributed by atoms with Crippen LogP contribution in [0.15, 0.2) is 30.3 Å². The third-order valence-electron chi connectivity index (χ3n) is 4.04. The molecule has 0 amide bonds. The Bertz CT molecular complexity index is 306. The van der Waals surface area contributed by atoms with Crippen LogP contribution in [-0.4, -0.2) is 13.6 Å². The van der Waals surface area contributed by atoms with E-state index in [1.165, 1.54) is 24.8 Å². The summed E-state index contributed by atoms with van der Waals surface area (Å²) in [6.45, 7) is 3.51. The van der Waals surface area contributed by atoms with Gasteiger partial charge in [-0.3, -0.25) is 0 Å². The van der Waals surface area contributed by atoms with E-state index in [1.807, 2.05) is 0 Å². The SMILES string of the molecule is CNCC1(c2ccccc2)CCCC1C. The molecule has 15 heavy (non-hydrogen) atoms. The molecule has 2 rings (SSSR count). The Morgan fingerprint density at radius 1 is 1.33 bits per heavy atom. The van der Waals surface area contributed by atoms with E-state index < -0.39 is 0 Å². The Hall–Kier alpha value is -0.820. The largest absolute Gasteiger partial charge is 0.319 e. The Morgan fingerprint density at radius 3 is 2.60 bits per heavy atom. The second-order valence-electron chi connectivity index (χ2n) is 4.85. The van der Waals surface area contributed by atoms with Crippen LogP contribution in [0.1, 0.15) is 31.7 Å². The number of likely N-dealkylation sites (N-methyl/N-ethyl adjacent to an activating group) is 1. The molecule has 0 bridgehead atoms. The lowest BCUT2D eigenvalue weighted by molar-refractivity contribution is 0.326. The summed E-state index contributed by atoms with van der Waals surface area (Å²) in [7, 11) is 2.07. The van der Waals surface area contributed by atoms with E-state index >= 15 is 0 Å². The van der Waals surface area contributed by atoms with Gasteiger partial charge in [0.05, 0.1) is 0 Å². The lowest BCUT2D eigenvalue weighted by Gasteiger charge is -2.34. The van der Waals surface area contributed by atoms with Crippen LogP contribution in [0.4, 0.5) is 0 Å². The summed E-state index contributed by atoms with van der Waals surface area (Å²) >= 11 is 0. The van der Waals surface area contributed by atoms with Gasteiger partial charge in [0.1, 0.15) is 0 Å². The van der Waals surface area contributed by atoms with Crippen LogP contribution in [0.3, 0.4) is 0 Å². The molecule has 1 heteroatoms. The third-order valence-corrected chi connectivity index (χ3v) is 4.04. The summed E-state index contributed by atoms with van der Waals surface area (Å²) in [5.41, 5.74) is 1.90. The van der Waals surface area contributed by atoms with E-state index in [1.54, 1.807) is 0 Å². The topological polar surface area (TPSA) is 12.0 Å². The lowest BCUT2D eigenvalue weighted by atomic mass is 9.73. The first-order valence-corrected chi connectivity index (χ1v) is 6.00. The fraction of sp³-hybridized carbons (Fsp3) is 0.571. The highest BCUT2D eigenvalue weighted by molar-refractivity contribution is 5.28. The number of hydrogen-bond acceptors (Lipinski definition) is 1. The summed E-state index contributed by atoms with van der Waals surface area (Å²) < 4.78 is 0. The smallest absolute Gasteiger partial charge is 0.0103 e. The van der Waals surface area contributed by atoms with Crippen LogP contribution >= 0.6 is 0 Å². The monoisotopic (exact) mass is 203 g/mol. The Kier molecular flexibility index (Phi) is 3.11. The molecule has 1 N–H and O–H groups in total. The molecule has 1 fully saturated rings. The number of rotatable bonds is 3. The maximum atomic E-state index is 3.38. The molecule has 1 aromatic carbocycles. The molecule has 1 aromatic rings. The van der Waals surface area contributed by atoms with E-state index in [0.717, 1.165) is 12.5 Å². The normalized spacial score (nSPS) is 30.7. The average molecular weight is 203 g/mol. The van der Waals surface area contributed by atoms with Gasteiger partial charge in [0, 0.05) is 12.0 Å². The van der Waals surface area contributed by atoms with Gasteiger partial charge in [-0.15, -0.1) is 0 Å².